The maximum absolute atomic E-state index is 11.9. The first kappa shape index (κ1) is 14.6. The number of rotatable bonds is 2. The van der Waals surface area contributed by atoms with Gasteiger partial charge in [-0.1, -0.05) is 0 Å². The van der Waals surface area contributed by atoms with E-state index in [-0.39, 0.29) is 6.09 Å². The zero-order valence-electron chi connectivity index (χ0n) is 12.4. The molecule has 2 aliphatic heterocycles. The summed E-state index contributed by atoms with van der Waals surface area (Å²) in [6, 6.07) is 1.15. The lowest BCUT2D eigenvalue weighted by molar-refractivity contribution is 0.0196. The molecule has 2 N–H and O–H groups in total. The van der Waals surface area contributed by atoms with Crippen molar-refractivity contribution >= 4 is 6.09 Å². The Hall–Kier alpha value is -0.810. The molecular formula is C14H27N3O2. The summed E-state index contributed by atoms with van der Waals surface area (Å²) >= 11 is 0. The van der Waals surface area contributed by atoms with Gasteiger partial charge in [0.15, 0.2) is 0 Å². The lowest BCUT2D eigenvalue weighted by Crippen LogP contribution is -2.49. The number of ether oxygens (including phenoxy) is 1. The number of hydrogen-bond donors (Lipinski definition) is 2. The molecule has 1 atom stereocenters. The molecule has 0 aliphatic carbocycles. The molecule has 0 unspecified atom stereocenters. The third-order valence-electron chi connectivity index (χ3n) is 3.68. The fraction of sp³-hybridized carbons (Fsp3) is 0.929. The topological polar surface area (TPSA) is 53.6 Å². The zero-order chi connectivity index (χ0) is 13.9. The van der Waals surface area contributed by atoms with Gasteiger partial charge >= 0.3 is 6.09 Å². The minimum atomic E-state index is -0.401. The summed E-state index contributed by atoms with van der Waals surface area (Å²) < 4.78 is 5.40. The minimum absolute atomic E-state index is 0.173. The van der Waals surface area contributed by atoms with Gasteiger partial charge in [0.25, 0.3) is 0 Å². The fourth-order valence-electron chi connectivity index (χ4n) is 2.69. The number of carbonyl (C=O) groups excluding carboxylic acids is 1. The average Bonchev–Trinajstić information content (AvgIpc) is 2.80. The quantitative estimate of drug-likeness (QED) is 0.794. The van der Waals surface area contributed by atoms with Gasteiger partial charge in [-0.2, -0.15) is 0 Å². The normalized spacial score (nSPS) is 25.6. The molecule has 0 aromatic heterocycles. The first-order chi connectivity index (χ1) is 8.94. The van der Waals surface area contributed by atoms with E-state index >= 15 is 0 Å². The smallest absolute Gasteiger partial charge is 0.410 e. The SMILES string of the molecule is CC(C)(C)OC(=O)N1CCC(N[C@H]2CCNC2)CC1. The highest BCUT2D eigenvalue weighted by molar-refractivity contribution is 5.68. The number of piperidine rings is 1. The number of nitrogens with one attached hydrogen (secondary N) is 2. The van der Waals surface area contributed by atoms with Crippen LogP contribution in [0.15, 0.2) is 0 Å². The van der Waals surface area contributed by atoms with Crippen LogP contribution in [0.3, 0.4) is 0 Å². The predicted molar refractivity (Wildman–Crippen MR) is 75.2 cm³/mol. The average molecular weight is 269 g/mol. The van der Waals surface area contributed by atoms with Crippen molar-refractivity contribution < 1.29 is 9.53 Å². The Bertz CT molecular complexity index is 300. The van der Waals surface area contributed by atoms with Crippen molar-refractivity contribution in [3.05, 3.63) is 0 Å². The highest BCUT2D eigenvalue weighted by Crippen LogP contribution is 2.16. The highest BCUT2D eigenvalue weighted by atomic mass is 16.6. The number of amides is 1. The molecule has 0 spiro atoms. The van der Waals surface area contributed by atoms with E-state index in [9.17, 15) is 4.79 Å². The molecule has 2 saturated heterocycles. The molecule has 1 amide bonds. The van der Waals surface area contributed by atoms with Crippen molar-refractivity contribution in [3.8, 4) is 0 Å². The van der Waals surface area contributed by atoms with Gasteiger partial charge in [0.05, 0.1) is 0 Å². The summed E-state index contributed by atoms with van der Waals surface area (Å²) in [6.45, 7) is 9.52. The largest absolute Gasteiger partial charge is 0.444 e. The Balaban J connectivity index is 1.71. The van der Waals surface area contributed by atoms with Gasteiger partial charge in [-0.15, -0.1) is 0 Å². The Morgan fingerprint density at radius 3 is 2.42 bits per heavy atom. The highest BCUT2D eigenvalue weighted by Gasteiger charge is 2.28. The molecule has 2 heterocycles. The van der Waals surface area contributed by atoms with Crippen LogP contribution in [-0.4, -0.2) is 54.9 Å². The van der Waals surface area contributed by atoms with Crippen molar-refractivity contribution in [1.82, 2.24) is 15.5 Å². The summed E-state index contributed by atoms with van der Waals surface area (Å²) in [5, 5.41) is 7.05. The van der Waals surface area contributed by atoms with E-state index < -0.39 is 5.60 Å². The minimum Gasteiger partial charge on any atom is -0.444 e. The van der Waals surface area contributed by atoms with Gasteiger partial charge < -0.3 is 20.3 Å². The van der Waals surface area contributed by atoms with E-state index in [1.54, 1.807) is 0 Å². The Morgan fingerprint density at radius 1 is 1.21 bits per heavy atom. The summed E-state index contributed by atoms with van der Waals surface area (Å²) in [4.78, 5) is 13.8. The lowest BCUT2D eigenvalue weighted by Gasteiger charge is -2.34. The lowest BCUT2D eigenvalue weighted by atomic mass is 10.0. The molecule has 2 fully saturated rings. The van der Waals surface area contributed by atoms with Crippen LogP contribution in [0, 0.1) is 0 Å². The van der Waals surface area contributed by atoms with E-state index in [2.05, 4.69) is 10.6 Å². The van der Waals surface area contributed by atoms with Gasteiger partial charge in [0, 0.05) is 31.7 Å². The van der Waals surface area contributed by atoms with Gasteiger partial charge in [-0.25, -0.2) is 4.79 Å². The third kappa shape index (κ3) is 4.66. The summed E-state index contributed by atoms with van der Waals surface area (Å²) in [7, 11) is 0. The molecule has 0 bridgehead atoms. The maximum Gasteiger partial charge on any atom is 0.410 e. The second-order valence-corrected chi connectivity index (χ2v) is 6.60. The van der Waals surface area contributed by atoms with Crippen LogP contribution >= 0.6 is 0 Å². The monoisotopic (exact) mass is 269 g/mol. The zero-order valence-corrected chi connectivity index (χ0v) is 12.4. The second kappa shape index (κ2) is 6.09. The molecule has 2 rings (SSSR count). The number of likely N-dealkylation sites (tertiary alicyclic amines) is 1. The molecule has 0 saturated carbocycles. The molecule has 0 radical (unpaired) electrons. The Labute approximate surface area is 116 Å². The van der Waals surface area contributed by atoms with E-state index in [0.717, 1.165) is 39.0 Å². The summed E-state index contributed by atoms with van der Waals surface area (Å²) in [6.07, 6.45) is 3.09. The van der Waals surface area contributed by atoms with Crippen LogP contribution in [0.25, 0.3) is 0 Å². The standard InChI is InChI=1S/C14H27N3O2/c1-14(2,3)19-13(18)17-8-5-11(6-9-17)16-12-4-7-15-10-12/h11-12,15-16H,4-10H2,1-3H3/t12-/m0/s1. The van der Waals surface area contributed by atoms with Gasteiger partial charge in [-0.05, 0) is 46.6 Å². The Kier molecular flexibility index (Phi) is 4.68. The number of carbonyl (C=O) groups is 1. The van der Waals surface area contributed by atoms with Crippen molar-refractivity contribution in [2.75, 3.05) is 26.2 Å². The van der Waals surface area contributed by atoms with Crippen LogP contribution in [-0.2, 0) is 4.74 Å². The van der Waals surface area contributed by atoms with E-state index in [1.165, 1.54) is 6.42 Å². The fourth-order valence-corrected chi connectivity index (χ4v) is 2.69. The molecule has 5 nitrogen and oxygen atoms in total. The summed E-state index contributed by atoms with van der Waals surface area (Å²) in [5.41, 5.74) is -0.401. The van der Waals surface area contributed by atoms with Gasteiger partial charge in [0.2, 0.25) is 0 Å². The first-order valence-electron chi connectivity index (χ1n) is 7.39. The van der Waals surface area contributed by atoms with E-state index in [4.69, 9.17) is 4.74 Å². The van der Waals surface area contributed by atoms with Crippen molar-refractivity contribution in [3.63, 3.8) is 0 Å². The van der Waals surface area contributed by atoms with Crippen LogP contribution in [0.2, 0.25) is 0 Å². The van der Waals surface area contributed by atoms with E-state index in [1.807, 2.05) is 25.7 Å². The van der Waals surface area contributed by atoms with E-state index in [0.29, 0.717) is 12.1 Å². The second-order valence-electron chi connectivity index (χ2n) is 6.60. The van der Waals surface area contributed by atoms with Crippen molar-refractivity contribution in [2.45, 2.75) is 57.7 Å². The third-order valence-corrected chi connectivity index (χ3v) is 3.68. The van der Waals surface area contributed by atoms with Crippen LogP contribution in [0.1, 0.15) is 40.0 Å². The molecule has 0 aromatic carbocycles. The molecular weight excluding hydrogens is 242 g/mol. The van der Waals surface area contributed by atoms with Crippen LogP contribution in [0.4, 0.5) is 4.79 Å². The molecule has 19 heavy (non-hydrogen) atoms. The van der Waals surface area contributed by atoms with Crippen molar-refractivity contribution in [2.24, 2.45) is 0 Å². The first-order valence-corrected chi connectivity index (χ1v) is 7.39. The van der Waals surface area contributed by atoms with Crippen LogP contribution < -0.4 is 10.6 Å². The molecule has 2 aliphatic rings. The molecule has 0 aromatic rings. The molecule has 110 valence electrons. The van der Waals surface area contributed by atoms with Crippen molar-refractivity contribution in [1.29, 1.82) is 0 Å². The van der Waals surface area contributed by atoms with Crippen LogP contribution in [0.5, 0.6) is 0 Å². The maximum atomic E-state index is 11.9. The molecule has 5 heteroatoms. The van der Waals surface area contributed by atoms with Gasteiger partial charge in [-0.3, -0.25) is 0 Å². The summed E-state index contributed by atoms with van der Waals surface area (Å²) in [5.74, 6) is 0. The van der Waals surface area contributed by atoms with Gasteiger partial charge in [0.1, 0.15) is 5.60 Å². The number of hydrogen-bond acceptors (Lipinski definition) is 4. The predicted octanol–water partition coefficient (Wildman–Crippen LogP) is 1.34. The Morgan fingerprint density at radius 2 is 1.89 bits per heavy atom. The number of nitrogens with zero attached hydrogens (tertiary/aromatic N) is 1.